The first-order valence-corrected chi connectivity index (χ1v) is 10.9. The number of aryl methyl sites for hydroxylation is 2. The van der Waals surface area contributed by atoms with E-state index in [0.29, 0.717) is 21.3 Å². The molecule has 30 heavy (non-hydrogen) atoms. The number of fused-ring (bicyclic) bond motifs is 1. The standard InChI is InChI=1S/C21H17ClN4O2S2/c1-11-6-7-12(8-16(11)22)26-20(28)15(18(27)25-21(26)29)10-24-19-14(9-23)13-4-2-3-5-17(13)30-19/h6-8,10,28H,2-5H2,1H3,(H,25,27,29)/b24-10+. The van der Waals surface area contributed by atoms with Crippen LogP contribution in [0.15, 0.2) is 28.0 Å². The molecule has 1 aromatic carbocycles. The lowest BCUT2D eigenvalue weighted by atomic mass is 9.96. The van der Waals surface area contributed by atoms with Crippen molar-refractivity contribution < 1.29 is 5.11 Å². The number of nitriles is 1. The molecule has 3 aromatic rings. The zero-order valence-electron chi connectivity index (χ0n) is 16.0. The predicted octanol–water partition coefficient (Wildman–Crippen LogP) is 5.13. The van der Waals surface area contributed by atoms with Crippen LogP contribution >= 0.6 is 35.2 Å². The Balaban J connectivity index is 1.82. The van der Waals surface area contributed by atoms with Gasteiger partial charge in [-0.05, 0) is 68.1 Å². The normalized spacial score (nSPS) is 13.4. The van der Waals surface area contributed by atoms with E-state index in [1.54, 1.807) is 18.2 Å². The molecule has 0 atom stereocenters. The number of aromatic hydroxyl groups is 1. The van der Waals surface area contributed by atoms with Crippen LogP contribution in [-0.2, 0) is 12.8 Å². The minimum atomic E-state index is -0.560. The van der Waals surface area contributed by atoms with E-state index in [9.17, 15) is 15.2 Å². The second-order valence-corrected chi connectivity index (χ2v) is 8.90. The molecule has 2 aromatic heterocycles. The summed E-state index contributed by atoms with van der Waals surface area (Å²) in [6.45, 7) is 1.86. The molecule has 1 aliphatic carbocycles. The number of benzene rings is 1. The highest BCUT2D eigenvalue weighted by molar-refractivity contribution is 7.71. The molecular formula is C21H17ClN4O2S2. The molecule has 0 saturated heterocycles. The average molecular weight is 457 g/mol. The van der Waals surface area contributed by atoms with Gasteiger partial charge in [0.05, 0.1) is 11.3 Å². The largest absolute Gasteiger partial charge is 0.494 e. The minimum Gasteiger partial charge on any atom is -0.494 e. The van der Waals surface area contributed by atoms with Gasteiger partial charge in [-0.3, -0.25) is 14.3 Å². The molecule has 1 aliphatic rings. The van der Waals surface area contributed by atoms with Crippen molar-refractivity contribution in [3.8, 4) is 17.6 Å². The third-order valence-corrected chi connectivity index (χ3v) is 7.00. The van der Waals surface area contributed by atoms with Gasteiger partial charge in [-0.25, -0.2) is 4.99 Å². The van der Waals surface area contributed by atoms with E-state index < -0.39 is 5.56 Å². The summed E-state index contributed by atoms with van der Waals surface area (Å²) < 4.78 is 1.37. The molecule has 0 spiro atoms. The SMILES string of the molecule is Cc1ccc(-n2c(O)c(/C=N/c3sc4c(c3C#N)CCCC4)c(=O)[nH]c2=S)cc1Cl. The van der Waals surface area contributed by atoms with E-state index in [-0.39, 0.29) is 16.2 Å². The highest BCUT2D eigenvalue weighted by Gasteiger charge is 2.20. The zero-order chi connectivity index (χ0) is 21.4. The Labute approximate surface area is 186 Å². The number of aromatic nitrogens is 2. The fraction of sp³-hybridized carbons (Fsp3) is 0.238. The average Bonchev–Trinajstić information content (AvgIpc) is 3.07. The molecule has 0 radical (unpaired) electrons. The Bertz CT molecular complexity index is 1340. The van der Waals surface area contributed by atoms with Gasteiger partial charge in [0.1, 0.15) is 16.6 Å². The van der Waals surface area contributed by atoms with Gasteiger partial charge < -0.3 is 5.11 Å². The fourth-order valence-corrected chi connectivity index (χ4v) is 5.14. The summed E-state index contributed by atoms with van der Waals surface area (Å²) in [6, 6.07) is 7.44. The lowest BCUT2D eigenvalue weighted by molar-refractivity contribution is 0.432. The van der Waals surface area contributed by atoms with Crippen molar-refractivity contribution in [3.05, 3.63) is 65.5 Å². The van der Waals surface area contributed by atoms with Crippen molar-refractivity contribution in [2.24, 2.45) is 4.99 Å². The monoisotopic (exact) mass is 456 g/mol. The van der Waals surface area contributed by atoms with E-state index in [0.717, 1.165) is 36.8 Å². The van der Waals surface area contributed by atoms with Crippen molar-refractivity contribution in [2.45, 2.75) is 32.6 Å². The number of hydrogen-bond acceptors (Lipinski definition) is 6. The van der Waals surface area contributed by atoms with Crippen LogP contribution in [-0.4, -0.2) is 20.9 Å². The molecule has 6 nitrogen and oxygen atoms in total. The highest BCUT2D eigenvalue weighted by Crippen LogP contribution is 2.39. The van der Waals surface area contributed by atoms with Gasteiger partial charge in [0.25, 0.3) is 5.56 Å². The maximum absolute atomic E-state index is 12.5. The quantitative estimate of drug-likeness (QED) is 0.422. The Hall–Kier alpha value is -2.73. The molecule has 0 saturated carbocycles. The summed E-state index contributed by atoms with van der Waals surface area (Å²) in [5.74, 6) is -0.341. The Kier molecular flexibility index (Phi) is 5.60. The summed E-state index contributed by atoms with van der Waals surface area (Å²) >= 11 is 12.9. The predicted molar refractivity (Wildman–Crippen MR) is 122 cm³/mol. The summed E-state index contributed by atoms with van der Waals surface area (Å²) in [7, 11) is 0. The number of thiophene rings is 1. The van der Waals surface area contributed by atoms with E-state index in [1.165, 1.54) is 27.0 Å². The van der Waals surface area contributed by atoms with Crippen molar-refractivity contribution in [3.63, 3.8) is 0 Å². The smallest absolute Gasteiger partial charge is 0.264 e. The molecule has 152 valence electrons. The first-order valence-electron chi connectivity index (χ1n) is 9.34. The van der Waals surface area contributed by atoms with Crippen molar-refractivity contribution in [1.29, 1.82) is 5.26 Å². The number of nitrogens with zero attached hydrogens (tertiary/aromatic N) is 3. The second kappa shape index (κ2) is 8.19. The van der Waals surface area contributed by atoms with Crippen LogP contribution in [0.25, 0.3) is 5.69 Å². The van der Waals surface area contributed by atoms with Gasteiger partial charge >= 0.3 is 0 Å². The maximum Gasteiger partial charge on any atom is 0.264 e. The van der Waals surface area contributed by atoms with E-state index in [1.807, 2.05) is 6.92 Å². The maximum atomic E-state index is 12.5. The number of hydrogen-bond donors (Lipinski definition) is 2. The Morgan fingerprint density at radius 2 is 2.17 bits per heavy atom. The minimum absolute atomic E-state index is 0.0406. The topological polar surface area (TPSA) is 94.2 Å². The Morgan fingerprint density at radius 1 is 1.40 bits per heavy atom. The van der Waals surface area contributed by atoms with Crippen LogP contribution in [0.1, 0.15) is 40.0 Å². The van der Waals surface area contributed by atoms with Crippen LogP contribution in [0.3, 0.4) is 0 Å². The van der Waals surface area contributed by atoms with E-state index in [4.69, 9.17) is 23.8 Å². The number of halogens is 1. The van der Waals surface area contributed by atoms with E-state index in [2.05, 4.69) is 16.0 Å². The Morgan fingerprint density at radius 3 is 2.90 bits per heavy atom. The number of aromatic amines is 1. The molecule has 0 aliphatic heterocycles. The molecular weight excluding hydrogens is 440 g/mol. The van der Waals surface area contributed by atoms with Gasteiger partial charge in [-0.15, -0.1) is 11.3 Å². The van der Waals surface area contributed by atoms with Crippen LogP contribution in [0.4, 0.5) is 5.00 Å². The van der Waals surface area contributed by atoms with Gasteiger partial charge in [0.15, 0.2) is 4.77 Å². The molecule has 0 bridgehead atoms. The number of rotatable bonds is 3. The summed E-state index contributed by atoms with van der Waals surface area (Å²) in [5, 5.41) is 21.5. The number of nitrogens with one attached hydrogen (secondary N) is 1. The van der Waals surface area contributed by atoms with Crippen molar-refractivity contribution in [2.75, 3.05) is 0 Å². The summed E-state index contributed by atoms with van der Waals surface area (Å²) in [5.41, 5.74) is 2.40. The van der Waals surface area contributed by atoms with Crippen LogP contribution < -0.4 is 5.56 Å². The third kappa shape index (κ3) is 3.60. The van der Waals surface area contributed by atoms with Crippen molar-refractivity contribution >= 4 is 46.4 Å². The van der Waals surface area contributed by atoms with Crippen molar-refractivity contribution in [1.82, 2.24) is 9.55 Å². The molecule has 0 amide bonds. The summed E-state index contributed by atoms with van der Waals surface area (Å²) in [6.07, 6.45) is 5.25. The van der Waals surface area contributed by atoms with Gasteiger partial charge in [-0.1, -0.05) is 17.7 Å². The van der Waals surface area contributed by atoms with Crippen LogP contribution in [0.2, 0.25) is 5.02 Å². The lowest BCUT2D eigenvalue weighted by Gasteiger charge is -2.12. The van der Waals surface area contributed by atoms with Gasteiger partial charge in [-0.2, -0.15) is 5.26 Å². The van der Waals surface area contributed by atoms with Crippen LogP contribution in [0, 0.1) is 23.0 Å². The summed E-state index contributed by atoms with van der Waals surface area (Å²) in [4.78, 5) is 20.6. The molecule has 0 fully saturated rings. The molecule has 4 rings (SSSR count). The molecule has 2 heterocycles. The number of aliphatic imine (C=N–C) groups is 1. The van der Waals surface area contributed by atoms with Crippen LogP contribution in [0.5, 0.6) is 5.88 Å². The highest BCUT2D eigenvalue weighted by atomic mass is 35.5. The van der Waals surface area contributed by atoms with Gasteiger partial charge in [0.2, 0.25) is 5.88 Å². The number of H-pyrrole nitrogens is 1. The first-order chi connectivity index (χ1) is 14.4. The zero-order valence-corrected chi connectivity index (χ0v) is 18.4. The second-order valence-electron chi connectivity index (χ2n) is 7.03. The third-order valence-electron chi connectivity index (χ3n) is 5.11. The molecule has 9 heteroatoms. The fourth-order valence-electron chi connectivity index (χ4n) is 3.50. The van der Waals surface area contributed by atoms with Gasteiger partial charge in [0, 0.05) is 16.1 Å². The lowest BCUT2D eigenvalue weighted by Crippen LogP contribution is -2.18. The first kappa shape index (κ1) is 20.5. The van der Waals surface area contributed by atoms with E-state index >= 15 is 0 Å². The molecule has 0 unspecified atom stereocenters. The molecule has 2 N–H and O–H groups in total.